The third-order valence-electron chi connectivity index (χ3n) is 6.53. The van der Waals surface area contributed by atoms with Crippen LogP contribution >= 0.6 is 0 Å². The average Bonchev–Trinajstić information content (AvgIpc) is 2.85. The third-order valence-corrected chi connectivity index (χ3v) is 6.53. The Morgan fingerprint density at radius 1 is 0.941 bits per heavy atom. The van der Waals surface area contributed by atoms with E-state index in [4.69, 9.17) is 4.74 Å². The van der Waals surface area contributed by atoms with E-state index in [0.29, 0.717) is 42.2 Å². The molecule has 34 heavy (non-hydrogen) atoms. The van der Waals surface area contributed by atoms with Gasteiger partial charge in [-0.3, -0.25) is 0 Å². The summed E-state index contributed by atoms with van der Waals surface area (Å²) in [6, 6.07) is 14.5. The van der Waals surface area contributed by atoms with Gasteiger partial charge in [0.15, 0.2) is 11.6 Å². The highest BCUT2D eigenvalue weighted by Gasteiger charge is 2.20. The minimum Gasteiger partial charge on any atom is -0.508 e. The van der Waals surface area contributed by atoms with E-state index in [1.165, 1.54) is 18.2 Å². The minimum absolute atomic E-state index is 0.0762. The summed E-state index contributed by atoms with van der Waals surface area (Å²) < 4.78 is 49.4. The summed E-state index contributed by atoms with van der Waals surface area (Å²) in [7, 11) is 0. The van der Waals surface area contributed by atoms with Crippen LogP contribution in [0.2, 0.25) is 0 Å². The van der Waals surface area contributed by atoms with Crippen molar-refractivity contribution in [2.45, 2.75) is 45.6 Å². The number of aromatic hydroxyl groups is 1. The quantitative estimate of drug-likeness (QED) is 0.367. The maximum Gasteiger partial charge on any atom is 0.166 e. The number of aryl methyl sites for hydroxylation is 1. The van der Waals surface area contributed by atoms with Crippen molar-refractivity contribution in [1.82, 2.24) is 0 Å². The molecule has 0 spiro atoms. The fourth-order valence-electron chi connectivity index (χ4n) is 4.53. The zero-order valence-corrected chi connectivity index (χ0v) is 19.3. The lowest BCUT2D eigenvalue weighted by Gasteiger charge is -2.23. The van der Waals surface area contributed by atoms with Crippen LogP contribution < -0.4 is 0 Å². The van der Waals surface area contributed by atoms with Gasteiger partial charge in [0.1, 0.15) is 11.6 Å². The fraction of sp³-hybridized carbons (Fsp3) is 0.310. The lowest BCUT2D eigenvalue weighted by atomic mass is 9.83. The van der Waals surface area contributed by atoms with Gasteiger partial charge in [-0.05, 0) is 85.4 Å². The van der Waals surface area contributed by atoms with E-state index in [1.807, 2.05) is 19.1 Å². The van der Waals surface area contributed by atoms with Gasteiger partial charge < -0.3 is 9.84 Å². The van der Waals surface area contributed by atoms with Crippen LogP contribution in [0.4, 0.5) is 13.2 Å². The number of hydrogen-bond acceptors (Lipinski definition) is 2. The summed E-state index contributed by atoms with van der Waals surface area (Å²) in [4.78, 5) is 0. The molecule has 2 nitrogen and oxygen atoms in total. The standard InChI is InChI=1S/C29H29F3O2/c1-2-34-18-20-6-15-25(27(30)17-20)21-7-3-19(4-8-21)5-9-23-12-16-26(29(32)28(23)31)22-10-13-24(33)14-11-22/h6-7,10-17,19,33H,2-5,8-9,18H2,1H3. The molecular weight excluding hydrogens is 437 g/mol. The molecule has 0 aromatic heterocycles. The molecule has 1 aliphatic carbocycles. The van der Waals surface area contributed by atoms with Crippen molar-refractivity contribution in [2.24, 2.45) is 5.92 Å². The molecule has 0 aliphatic heterocycles. The summed E-state index contributed by atoms with van der Waals surface area (Å²) in [6.07, 6.45) is 5.73. The molecule has 0 amide bonds. The van der Waals surface area contributed by atoms with Gasteiger partial charge in [-0.2, -0.15) is 0 Å². The number of rotatable bonds is 8. The molecule has 0 saturated heterocycles. The molecule has 0 saturated carbocycles. The molecule has 1 unspecified atom stereocenters. The number of allylic oxidation sites excluding steroid dienone is 2. The number of hydrogen-bond donors (Lipinski definition) is 1. The first-order valence-corrected chi connectivity index (χ1v) is 11.8. The first kappa shape index (κ1) is 24.1. The molecule has 0 fully saturated rings. The van der Waals surface area contributed by atoms with Gasteiger partial charge in [-0.25, -0.2) is 13.2 Å². The summed E-state index contributed by atoms with van der Waals surface area (Å²) in [5, 5.41) is 9.40. The first-order valence-electron chi connectivity index (χ1n) is 11.8. The van der Waals surface area contributed by atoms with Crippen molar-refractivity contribution in [3.63, 3.8) is 0 Å². The fourth-order valence-corrected chi connectivity index (χ4v) is 4.53. The molecule has 1 atom stereocenters. The van der Waals surface area contributed by atoms with Crippen molar-refractivity contribution in [1.29, 1.82) is 0 Å². The van der Waals surface area contributed by atoms with Crippen molar-refractivity contribution >= 4 is 5.57 Å². The van der Waals surface area contributed by atoms with Gasteiger partial charge in [0, 0.05) is 17.7 Å². The smallest absolute Gasteiger partial charge is 0.166 e. The highest BCUT2D eigenvalue weighted by Crippen LogP contribution is 2.35. The molecule has 1 N–H and O–H groups in total. The van der Waals surface area contributed by atoms with E-state index >= 15 is 0 Å². The van der Waals surface area contributed by atoms with E-state index in [9.17, 15) is 18.3 Å². The van der Waals surface area contributed by atoms with Crippen LogP contribution in [0.5, 0.6) is 5.75 Å². The van der Waals surface area contributed by atoms with Crippen LogP contribution in [-0.2, 0) is 17.8 Å². The van der Waals surface area contributed by atoms with Gasteiger partial charge in [0.05, 0.1) is 6.61 Å². The van der Waals surface area contributed by atoms with Crippen molar-refractivity contribution in [3.8, 4) is 16.9 Å². The zero-order valence-electron chi connectivity index (χ0n) is 19.3. The molecule has 178 valence electrons. The predicted molar refractivity (Wildman–Crippen MR) is 129 cm³/mol. The van der Waals surface area contributed by atoms with Gasteiger partial charge in [0.25, 0.3) is 0 Å². The van der Waals surface area contributed by atoms with Crippen molar-refractivity contribution < 1.29 is 23.0 Å². The van der Waals surface area contributed by atoms with Crippen LogP contribution in [-0.4, -0.2) is 11.7 Å². The van der Waals surface area contributed by atoms with E-state index < -0.39 is 11.6 Å². The van der Waals surface area contributed by atoms with Crippen LogP contribution in [0.1, 0.15) is 49.3 Å². The molecule has 3 aromatic carbocycles. The Bertz CT molecular complexity index is 1170. The van der Waals surface area contributed by atoms with Crippen LogP contribution in [0, 0.1) is 23.4 Å². The van der Waals surface area contributed by atoms with E-state index in [2.05, 4.69) is 6.08 Å². The Hall–Kier alpha value is -3.05. The highest BCUT2D eigenvalue weighted by atomic mass is 19.2. The Morgan fingerprint density at radius 3 is 2.38 bits per heavy atom. The molecule has 4 rings (SSSR count). The van der Waals surface area contributed by atoms with Gasteiger partial charge in [-0.1, -0.05) is 42.5 Å². The van der Waals surface area contributed by atoms with E-state index in [1.54, 1.807) is 24.3 Å². The van der Waals surface area contributed by atoms with Gasteiger partial charge >= 0.3 is 0 Å². The van der Waals surface area contributed by atoms with Gasteiger partial charge in [-0.15, -0.1) is 0 Å². The first-order chi connectivity index (χ1) is 16.5. The summed E-state index contributed by atoms with van der Waals surface area (Å²) in [5.41, 5.74) is 3.53. The topological polar surface area (TPSA) is 29.5 Å². The van der Waals surface area contributed by atoms with Crippen LogP contribution in [0.25, 0.3) is 16.7 Å². The predicted octanol–water partition coefficient (Wildman–Crippen LogP) is 7.83. The lowest BCUT2D eigenvalue weighted by molar-refractivity contribution is 0.134. The molecule has 3 aromatic rings. The van der Waals surface area contributed by atoms with Crippen LogP contribution in [0.3, 0.4) is 0 Å². The largest absolute Gasteiger partial charge is 0.508 e. The second-order valence-electron chi connectivity index (χ2n) is 8.81. The maximum atomic E-state index is 14.7. The minimum atomic E-state index is -0.864. The molecular formula is C29H29F3O2. The average molecular weight is 467 g/mol. The number of ether oxygens (including phenoxy) is 1. The molecule has 0 bridgehead atoms. The Labute approximate surface area is 198 Å². The highest BCUT2D eigenvalue weighted by molar-refractivity contribution is 5.67. The molecule has 0 radical (unpaired) electrons. The van der Waals surface area contributed by atoms with E-state index in [-0.39, 0.29) is 17.1 Å². The van der Waals surface area contributed by atoms with E-state index in [0.717, 1.165) is 36.8 Å². The van der Waals surface area contributed by atoms with Crippen molar-refractivity contribution in [3.05, 3.63) is 94.8 Å². The number of phenols is 1. The number of phenolic OH excluding ortho intramolecular Hbond substituents is 1. The van der Waals surface area contributed by atoms with Crippen molar-refractivity contribution in [2.75, 3.05) is 6.61 Å². The third kappa shape index (κ3) is 5.53. The second kappa shape index (κ2) is 10.9. The lowest BCUT2D eigenvalue weighted by Crippen LogP contribution is -2.09. The summed E-state index contributed by atoms with van der Waals surface area (Å²) >= 11 is 0. The molecule has 0 heterocycles. The second-order valence-corrected chi connectivity index (χ2v) is 8.81. The Morgan fingerprint density at radius 2 is 1.71 bits per heavy atom. The summed E-state index contributed by atoms with van der Waals surface area (Å²) in [5.74, 6) is -1.48. The normalized spacial score (nSPS) is 15.9. The number of halogens is 3. The Balaban J connectivity index is 1.37. The van der Waals surface area contributed by atoms with Gasteiger partial charge in [0.2, 0.25) is 0 Å². The molecule has 5 heteroatoms. The van der Waals surface area contributed by atoms with Crippen LogP contribution in [0.15, 0.2) is 60.7 Å². The Kier molecular flexibility index (Phi) is 7.73. The SMILES string of the molecule is CCOCc1ccc(C2=CCC(CCc3ccc(-c4ccc(O)cc4)c(F)c3F)CC2)c(F)c1. The maximum absolute atomic E-state index is 14.7. The summed E-state index contributed by atoms with van der Waals surface area (Å²) in [6.45, 7) is 2.91. The monoisotopic (exact) mass is 466 g/mol. The number of benzene rings is 3. The zero-order chi connectivity index (χ0) is 24.1. The molecule has 1 aliphatic rings.